The number of benzene rings is 2. The van der Waals surface area contributed by atoms with E-state index in [2.05, 4.69) is 24.5 Å². The molecule has 24 heavy (non-hydrogen) atoms. The van der Waals surface area contributed by atoms with Gasteiger partial charge in [-0.1, -0.05) is 26.0 Å². The van der Waals surface area contributed by atoms with Crippen LogP contribution >= 0.6 is 0 Å². The summed E-state index contributed by atoms with van der Waals surface area (Å²) in [5, 5.41) is 5.50. The lowest BCUT2D eigenvalue weighted by Crippen LogP contribution is -2.19. The molecular formula is C19H22N2O3. The number of carbonyl (C=O) groups is 2. The zero-order chi connectivity index (χ0) is 17.5. The van der Waals surface area contributed by atoms with Crippen LogP contribution in [0.2, 0.25) is 0 Å². The van der Waals surface area contributed by atoms with E-state index >= 15 is 0 Å². The molecule has 0 aliphatic rings. The second-order valence-electron chi connectivity index (χ2n) is 5.65. The standard InChI is InChI=1S/C19H22N2O3/c1-4-24-18(22)15-7-11-17(12-8-15)21-19(23)20-16-9-5-14(6-10-16)13(2)3/h5-13H,4H2,1-3H3,(H2,20,21,23). The lowest BCUT2D eigenvalue weighted by atomic mass is 10.0. The Morgan fingerprint density at radius 3 is 1.88 bits per heavy atom. The molecule has 5 heteroatoms. The first-order valence-electron chi connectivity index (χ1n) is 7.94. The summed E-state index contributed by atoms with van der Waals surface area (Å²) in [7, 11) is 0. The molecule has 2 rings (SSSR count). The van der Waals surface area contributed by atoms with Gasteiger partial charge in [0.2, 0.25) is 0 Å². The number of anilines is 2. The zero-order valence-electron chi connectivity index (χ0n) is 14.1. The summed E-state index contributed by atoms with van der Waals surface area (Å²) in [4.78, 5) is 23.6. The minimum atomic E-state index is -0.376. The van der Waals surface area contributed by atoms with Crippen molar-refractivity contribution < 1.29 is 14.3 Å². The van der Waals surface area contributed by atoms with Crippen molar-refractivity contribution in [1.82, 2.24) is 0 Å². The van der Waals surface area contributed by atoms with Crippen molar-refractivity contribution >= 4 is 23.4 Å². The number of carbonyl (C=O) groups excluding carboxylic acids is 2. The Balaban J connectivity index is 1.93. The third-order valence-corrected chi connectivity index (χ3v) is 3.49. The zero-order valence-corrected chi connectivity index (χ0v) is 14.1. The van der Waals surface area contributed by atoms with Crippen LogP contribution in [0.5, 0.6) is 0 Å². The molecule has 0 aliphatic heterocycles. The average Bonchev–Trinajstić information content (AvgIpc) is 2.56. The SMILES string of the molecule is CCOC(=O)c1ccc(NC(=O)Nc2ccc(C(C)C)cc2)cc1. The van der Waals surface area contributed by atoms with E-state index in [1.54, 1.807) is 31.2 Å². The van der Waals surface area contributed by atoms with Gasteiger partial charge in [0, 0.05) is 11.4 Å². The maximum Gasteiger partial charge on any atom is 0.338 e. The van der Waals surface area contributed by atoms with E-state index in [4.69, 9.17) is 4.74 Å². The van der Waals surface area contributed by atoms with Gasteiger partial charge in [-0.15, -0.1) is 0 Å². The Morgan fingerprint density at radius 2 is 1.42 bits per heavy atom. The van der Waals surface area contributed by atoms with Crippen molar-refractivity contribution in [3.63, 3.8) is 0 Å². The van der Waals surface area contributed by atoms with Crippen LogP contribution in [-0.4, -0.2) is 18.6 Å². The molecule has 2 N–H and O–H groups in total. The molecule has 0 aliphatic carbocycles. The number of ether oxygens (including phenoxy) is 1. The summed E-state index contributed by atoms with van der Waals surface area (Å²) >= 11 is 0. The topological polar surface area (TPSA) is 67.4 Å². The third-order valence-electron chi connectivity index (χ3n) is 3.49. The quantitative estimate of drug-likeness (QED) is 0.787. The minimum Gasteiger partial charge on any atom is -0.462 e. The van der Waals surface area contributed by atoms with Crippen molar-refractivity contribution in [3.8, 4) is 0 Å². The van der Waals surface area contributed by atoms with Gasteiger partial charge < -0.3 is 15.4 Å². The second kappa shape index (κ2) is 8.15. The Hall–Kier alpha value is -2.82. The van der Waals surface area contributed by atoms with Gasteiger partial charge in [0.15, 0.2) is 0 Å². The molecule has 2 amide bonds. The molecule has 0 aromatic heterocycles. The van der Waals surface area contributed by atoms with Gasteiger partial charge in [-0.05, 0) is 54.8 Å². The first-order chi connectivity index (χ1) is 11.5. The van der Waals surface area contributed by atoms with Crippen LogP contribution in [0.25, 0.3) is 0 Å². The Morgan fingerprint density at radius 1 is 0.917 bits per heavy atom. The van der Waals surface area contributed by atoms with E-state index in [1.165, 1.54) is 5.56 Å². The van der Waals surface area contributed by atoms with Crippen molar-refractivity contribution in [2.75, 3.05) is 17.2 Å². The van der Waals surface area contributed by atoms with Crippen LogP contribution in [-0.2, 0) is 4.74 Å². The molecule has 0 bridgehead atoms. The van der Waals surface area contributed by atoms with E-state index in [1.807, 2.05) is 24.3 Å². The fraction of sp³-hybridized carbons (Fsp3) is 0.263. The van der Waals surface area contributed by atoms with Crippen molar-refractivity contribution in [3.05, 3.63) is 59.7 Å². The predicted octanol–water partition coefficient (Wildman–Crippen LogP) is 4.63. The van der Waals surface area contributed by atoms with Crippen LogP contribution in [0.4, 0.5) is 16.2 Å². The summed E-state index contributed by atoms with van der Waals surface area (Å²) < 4.78 is 4.92. The molecule has 0 fully saturated rings. The first-order valence-corrected chi connectivity index (χ1v) is 7.94. The molecule has 2 aromatic rings. The highest BCUT2D eigenvalue weighted by Crippen LogP contribution is 2.17. The number of rotatable bonds is 5. The molecule has 0 saturated heterocycles. The van der Waals surface area contributed by atoms with E-state index < -0.39 is 0 Å². The first kappa shape index (κ1) is 17.5. The molecule has 0 saturated carbocycles. The summed E-state index contributed by atoms with van der Waals surface area (Å²) in [6, 6.07) is 14.0. The highest BCUT2D eigenvalue weighted by molar-refractivity contribution is 6.00. The summed E-state index contributed by atoms with van der Waals surface area (Å²) in [5.74, 6) is 0.0736. The van der Waals surface area contributed by atoms with Gasteiger partial charge in [-0.2, -0.15) is 0 Å². The molecule has 0 heterocycles. The summed E-state index contributed by atoms with van der Waals surface area (Å²) in [6.07, 6.45) is 0. The Bertz CT molecular complexity index is 692. The number of nitrogens with one attached hydrogen (secondary N) is 2. The Labute approximate surface area is 142 Å². The lowest BCUT2D eigenvalue weighted by Gasteiger charge is -2.10. The van der Waals surface area contributed by atoms with Crippen LogP contribution in [0, 0.1) is 0 Å². The summed E-state index contributed by atoms with van der Waals surface area (Å²) in [6.45, 7) is 6.33. The van der Waals surface area contributed by atoms with Gasteiger partial charge in [0.25, 0.3) is 0 Å². The molecule has 2 aromatic carbocycles. The summed E-state index contributed by atoms with van der Waals surface area (Å²) in [5.41, 5.74) is 2.99. The monoisotopic (exact) mass is 326 g/mol. The van der Waals surface area contributed by atoms with Crippen LogP contribution in [0.3, 0.4) is 0 Å². The van der Waals surface area contributed by atoms with Crippen LogP contribution < -0.4 is 10.6 Å². The second-order valence-corrected chi connectivity index (χ2v) is 5.65. The number of hydrogen-bond donors (Lipinski definition) is 2. The molecule has 126 valence electrons. The lowest BCUT2D eigenvalue weighted by molar-refractivity contribution is 0.0526. The highest BCUT2D eigenvalue weighted by atomic mass is 16.5. The van der Waals surface area contributed by atoms with E-state index in [0.717, 1.165) is 5.69 Å². The fourth-order valence-electron chi connectivity index (χ4n) is 2.15. The highest BCUT2D eigenvalue weighted by Gasteiger charge is 2.07. The van der Waals surface area contributed by atoms with E-state index in [9.17, 15) is 9.59 Å². The number of amides is 2. The van der Waals surface area contributed by atoms with Crippen LogP contribution in [0.15, 0.2) is 48.5 Å². The van der Waals surface area contributed by atoms with Crippen molar-refractivity contribution in [2.45, 2.75) is 26.7 Å². The minimum absolute atomic E-state index is 0.330. The molecule has 0 unspecified atom stereocenters. The third kappa shape index (κ3) is 4.84. The van der Waals surface area contributed by atoms with Crippen molar-refractivity contribution in [1.29, 1.82) is 0 Å². The van der Waals surface area contributed by atoms with Gasteiger partial charge in [-0.3, -0.25) is 0 Å². The predicted molar refractivity (Wildman–Crippen MR) is 95.6 cm³/mol. The van der Waals surface area contributed by atoms with Gasteiger partial charge in [0.1, 0.15) is 0 Å². The molecule has 0 atom stereocenters. The number of esters is 1. The van der Waals surface area contributed by atoms with Crippen LogP contribution in [0.1, 0.15) is 42.6 Å². The normalized spacial score (nSPS) is 10.3. The average molecular weight is 326 g/mol. The van der Waals surface area contributed by atoms with Crippen molar-refractivity contribution in [2.24, 2.45) is 0 Å². The van der Waals surface area contributed by atoms with Gasteiger partial charge >= 0.3 is 12.0 Å². The van der Waals surface area contributed by atoms with E-state index in [0.29, 0.717) is 23.8 Å². The molecular weight excluding hydrogens is 304 g/mol. The Kier molecular flexibility index (Phi) is 5.95. The maximum atomic E-state index is 12.0. The van der Waals surface area contributed by atoms with Gasteiger partial charge in [-0.25, -0.2) is 9.59 Å². The number of urea groups is 1. The largest absolute Gasteiger partial charge is 0.462 e. The smallest absolute Gasteiger partial charge is 0.338 e. The van der Waals surface area contributed by atoms with E-state index in [-0.39, 0.29) is 12.0 Å². The maximum absolute atomic E-state index is 12.0. The number of hydrogen-bond acceptors (Lipinski definition) is 3. The molecule has 0 spiro atoms. The molecule has 5 nitrogen and oxygen atoms in total. The fourth-order valence-corrected chi connectivity index (χ4v) is 2.15. The molecule has 0 radical (unpaired) electrons. The van der Waals surface area contributed by atoms with Gasteiger partial charge in [0.05, 0.1) is 12.2 Å².